The van der Waals surface area contributed by atoms with E-state index in [0.29, 0.717) is 11.9 Å². The summed E-state index contributed by atoms with van der Waals surface area (Å²) in [6.07, 6.45) is 5.44. The molecule has 1 saturated heterocycles. The van der Waals surface area contributed by atoms with Gasteiger partial charge in [-0.1, -0.05) is 6.07 Å². The molecule has 124 valence electrons. The molecule has 2 aromatic heterocycles. The third-order valence-corrected chi connectivity index (χ3v) is 4.51. The molecule has 0 aliphatic carbocycles. The summed E-state index contributed by atoms with van der Waals surface area (Å²) in [5.41, 5.74) is 8.58. The lowest BCUT2D eigenvalue weighted by Crippen LogP contribution is -2.36. The van der Waals surface area contributed by atoms with E-state index < -0.39 is 0 Å². The highest BCUT2D eigenvalue weighted by Gasteiger charge is 2.27. The van der Waals surface area contributed by atoms with Gasteiger partial charge in [0.1, 0.15) is 5.82 Å². The van der Waals surface area contributed by atoms with Crippen molar-refractivity contribution in [1.82, 2.24) is 19.7 Å². The van der Waals surface area contributed by atoms with E-state index in [4.69, 9.17) is 10.5 Å². The van der Waals surface area contributed by atoms with Crippen LogP contribution in [0.4, 0.5) is 5.82 Å². The highest BCUT2D eigenvalue weighted by molar-refractivity contribution is 5.85. The zero-order chi connectivity index (χ0) is 14.9. The molecule has 23 heavy (non-hydrogen) atoms. The Morgan fingerprint density at radius 1 is 1.35 bits per heavy atom. The van der Waals surface area contributed by atoms with Crippen LogP contribution in [0.15, 0.2) is 24.4 Å². The van der Waals surface area contributed by atoms with E-state index in [2.05, 4.69) is 15.0 Å². The highest BCUT2D eigenvalue weighted by Crippen LogP contribution is 2.27. The molecule has 2 aromatic rings. The zero-order valence-electron chi connectivity index (χ0n) is 13.0. The number of nitrogens with zero attached hydrogens (tertiary/aromatic N) is 4. The molecule has 0 radical (unpaired) electrons. The fourth-order valence-corrected chi connectivity index (χ4v) is 3.34. The molecule has 0 spiro atoms. The molecule has 1 unspecified atom stereocenters. The fourth-order valence-electron chi connectivity index (χ4n) is 3.34. The molecule has 0 bridgehead atoms. The van der Waals surface area contributed by atoms with E-state index in [1.807, 2.05) is 18.2 Å². The third-order valence-electron chi connectivity index (χ3n) is 4.51. The number of rotatable bonds is 3. The van der Waals surface area contributed by atoms with Gasteiger partial charge in [0.2, 0.25) is 0 Å². The Kier molecular flexibility index (Phi) is 4.84. The molecule has 2 aliphatic heterocycles. The van der Waals surface area contributed by atoms with Gasteiger partial charge in [0.05, 0.1) is 11.8 Å². The average molecular weight is 336 g/mol. The van der Waals surface area contributed by atoms with Crippen LogP contribution in [0.3, 0.4) is 0 Å². The van der Waals surface area contributed by atoms with Gasteiger partial charge in [0.15, 0.2) is 5.82 Å². The maximum Gasteiger partial charge on any atom is 0.155 e. The van der Waals surface area contributed by atoms with Gasteiger partial charge in [-0.05, 0) is 25.0 Å². The van der Waals surface area contributed by atoms with Crippen LogP contribution < -0.4 is 5.73 Å². The summed E-state index contributed by atoms with van der Waals surface area (Å²) in [5.74, 6) is 1.49. The first-order chi connectivity index (χ1) is 10.8. The maximum absolute atomic E-state index is 6.33. The molecule has 1 fully saturated rings. The van der Waals surface area contributed by atoms with Crippen LogP contribution in [0.5, 0.6) is 0 Å². The van der Waals surface area contributed by atoms with Gasteiger partial charge in [-0.3, -0.25) is 4.90 Å². The summed E-state index contributed by atoms with van der Waals surface area (Å²) >= 11 is 0. The minimum absolute atomic E-state index is 0. The van der Waals surface area contributed by atoms with Crippen LogP contribution >= 0.6 is 12.4 Å². The van der Waals surface area contributed by atoms with Crippen molar-refractivity contribution < 1.29 is 4.74 Å². The van der Waals surface area contributed by atoms with E-state index in [-0.39, 0.29) is 12.4 Å². The van der Waals surface area contributed by atoms with E-state index in [9.17, 15) is 0 Å². The molecule has 7 heteroatoms. The van der Waals surface area contributed by atoms with E-state index in [1.54, 1.807) is 10.9 Å². The van der Waals surface area contributed by atoms with Gasteiger partial charge >= 0.3 is 0 Å². The molecule has 2 aliphatic rings. The summed E-state index contributed by atoms with van der Waals surface area (Å²) in [6.45, 7) is 3.77. The minimum atomic E-state index is 0. The Morgan fingerprint density at radius 2 is 2.26 bits per heavy atom. The molecular weight excluding hydrogens is 314 g/mol. The number of nitrogens with two attached hydrogens (primary N) is 1. The molecule has 0 amide bonds. The van der Waals surface area contributed by atoms with Gasteiger partial charge in [-0.15, -0.1) is 12.4 Å². The maximum atomic E-state index is 6.33. The number of pyridine rings is 1. The molecule has 4 heterocycles. The van der Waals surface area contributed by atoms with Gasteiger partial charge in [-0.2, -0.15) is 9.78 Å². The Bertz CT molecular complexity index is 654. The number of nitrogen functional groups attached to an aromatic ring is 1. The van der Waals surface area contributed by atoms with Crippen molar-refractivity contribution in [3.63, 3.8) is 0 Å². The first kappa shape index (κ1) is 16.2. The fraction of sp³-hybridized carbons (Fsp3) is 0.500. The number of hydrogen-bond donors (Lipinski definition) is 1. The molecule has 2 N–H and O–H groups in total. The second-order valence-corrected chi connectivity index (χ2v) is 6.03. The first-order valence-electron chi connectivity index (χ1n) is 7.93. The molecule has 0 aromatic carbocycles. The number of halogens is 1. The molecule has 4 rings (SSSR count). The molecule has 6 nitrogen and oxygen atoms in total. The van der Waals surface area contributed by atoms with Crippen LogP contribution in [0.1, 0.15) is 24.1 Å². The van der Waals surface area contributed by atoms with Crippen LogP contribution in [-0.4, -0.2) is 45.5 Å². The number of aromatic nitrogens is 3. The van der Waals surface area contributed by atoms with Gasteiger partial charge in [0, 0.05) is 44.4 Å². The lowest BCUT2D eigenvalue weighted by atomic mass is 10.1. The van der Waals surface area contributed by atoms with Crippen molar-refractivity contribution in [2.24, 2.45) is 0 Å². The first-order valence-corrected chi connectivity index (χ1v) is 7.93. The van der Waals surface area contributed by atoms with Crippen molar-refractivity contribution >= 4 is 18.2 Å². The molecular formula is C16H22ClN5O. The summed E-state index contributed by atoms with van der Waals surface area (Å²) in [6, 6.07) is 5.78. The quantitative estimate of drug-likeness (QED) is 0.926. The molecule has 1 atom stereocenters. The van der Waals surface area contributed by atoms with Crippen molar-refractivity contribution in [1.29, 1.82) is 0 Å². The van der Waals surface area contributed by atoms with Crippen molar-refractivity contribution in [3.05, 3.63) is 35.7 Å². The summed E-state index contributed by atoms with van der Waals surface area (Å²) in [7, 11) is 0. The summed E-state index contributed by atoms with van der Waals surface area (Å²) in [4.78, 5) is 6.77. The van der Waals surface area contributed by atoms with Crippen LogP contribution in [0.2, 0.25) is 0 Å². The average Bonchev–Trinajstić information content (AvgIpc) is 3.17. The summed E-state index contributed by atoms with van der Waals surface area (Å²) < 4.78 is 7.51. The smallest absolute Gasteiger partial charge is 0.155 e. The van der Waals surface area contributed by atoms with Crippen LogP contribution in [-0.2, 0) is 17.7 Å². The Morgan fingerprint density at radius 3 is 3.00 bits per heavy atom. The minimum Gasteiger partial charge on any atom is -0.383 e. The van der Waals surface area contributed by atoms with Crippen molar-refractivity contribution in [3.8, 4) is 5.82 Å². The van der Waals surface area contributed by atoms with Gasteiger partial charge in [0.25, 0.3) is 0 Å². The Balaban J connectivity index is 0.00000156. The predicted molar refractivity (Wildman–Crippen MR) is 91.0 cm³/mol. The topological polar surface area (TPSA) is 69.2 Å². The van der Waals surface area contributed by atoms with Gasteiger partial charge < -0.3 is 10.5 Å². The van der Waals surface area contributed by atoms with Gasteiger partial charge in [-0.25, -0.2) is 4.98 Å². The number of ether oxygens (including phenoxy) is 1. The molecule has 0 saturated carbocycles. The lowest BCUT2D eigenvalue weighted by molar-refractivity contribution is 0.0688. The Labute approximate surface area is 142 Å². The number of anilines is 1. The lowest BCUT2D eigenvalue weighted by Gasteiger charge is -2.28. The van der Waals surface area contributed by atoms with E-state index >= 15 is 0 Å². The zero-order valence-corrected chi connectivity index (χ0v) is 13.8. The standard InChI is InChI=1S/C16H21N5O.ClH/c17-16-13-11-20(10-12-4-3-9-22-12)8-6-14(13)19-21(16)15-5-1-2-7-18-15;/h1-2,5,7,12H,3-4,6,8-11,17H2;1H. The second kappa shape index (κ2) is 6.86. The number of hydrogen-bond acceptors (Lipinski definition) is 5. The van der Waals surface area contributed by atoms with E-state index in [1.165, 1.54) is 12.8 Å². The van der Waals surface area contributed by atoms with Crippen LogP contribution in [0, 0.1) is 0 Å². The third kappa shape index (κ3) is 3.20. The predicted octanol–water partition coefficient (Wildman–Crippen LogP) is 1.81. The van der Waals surface area contributed by atoms with Crippen molar-refractivity contribution in [2.45, 2.75) is 31.9 Å². The number of fused-ring (bicyclic) bond motifs is 1. The van der Waals surface area contributed by atoms with Crippen molar-refractivity contribution in [2.75, 3.05) is 25.4 Å². The second-order valence-electron chi connectivity index (χ2n) is 6.03. The van der Waals surface area contributed by atoms with E-state index in [0.717, 1.165) is 49.7 Å². The SMILES string of the molecule is Cl.Nc1c2c(nn1-c1ccccn1)CCN(CC1CCCO1)C2. The monoisotopic (exact) mass is 335 g/mol. The van der Waals surface area contributed by atoms with Crippen LogP contribution in [0.25, 0.3) is 5.82 Å². The Hall–Kier alpha value is -1.63. The summed E-state index contributed by atoms with van der Waals surface area (Å²) in [5, 5.41) is 4.66. The highest BCUT2D eigenvalue weighted by atomic mass is 35.5. The largest absolute Gasteiger partial charge is 0.383 e. The normalized spacial score (nSPS) is 21.0.